The number of ether oxygens (including phenoxy) is 2. The normalized spacial score (nSPS) is 22.6. The van der Waals surface area contributed by atoms with E-state index < -0.39 is 6.10 Å². The zero-order chi connectivity index (χ0) is 13.9. The van der Waals surface area contributed by atoms with Crippen molar-refractivity contribution in [3.63, 3.8) is 0 Å². The van der Waals surface area contributed by atoms with Gasteiger partial charge in [-0.2, -0.15) is 0 Å². The molecule has 0 aromatic heterocycles. The van der Waals surface area contributed by atoms with Crippen LogP contribution >= 0.6 is 0 Å². The van der Waals surface area contributed by atoms with E-state index in [1.54, 1.807) is 0 Å². The summed E-state index contributed by atoms with van der Waals surface area (Å²) < 4.78 is 11.4. The fourth-order valence-corrected chi connectivity index (χ4v) is 2.63. The van der Waals surface area contributed by atoms with Gasteiger partial charge in [0.1, 0.15) is 6.61 Å². The number of likely N-dealkylation sites (N-methyl/N-ethyl adjacent to an activating group) is 1. The van der Waals surface area contributed by atoms with Gasteiger partial charge in [0.25, 0.3) is 5.91 Å². The molecule has 1 amide bonds. The minimum Gasteiger partial charge on any atom is -0.485 e. The minimum absolute atomic E-state index is 0.0373. The van der Waals surface area contributed by atoms with Gasteiger partial charge in [-0.25, -0.2) is 0 Å². The van der Waals surface area contributed by atoms with Crippen LogP contribution in [0, 0.1) is 0 Å². The Balaban J connectivity index is 1.62. The highest BCUT2D eigenvalue weighted by molar-refractivity contribution is 5.82. The third-order valence-electron chi connectivity index (χ3n) is 3.92. The molecule has 1 aromatic carbocycles. The van der Waals surface area contributed by atoms with Crippen LogP contribution in [0.25, 0.3) is 0 Å². The highest BCUT2D eigenvalue weighted by atomic mass is 16.6. The third-order valence-corrected chi connectivity index (χ3v) is 3.92. The quantitative estimate of drug-likeness (QED) is 0.808. The molecule has 108 valence electrons. The van der Waals surface area contributed by atoms with Crippen molar-refractivity contribution in [2.75, 3.05) is 39.3 Å². The van der Waals surface area contributed by atoms with Crippen LogP contribution in [0.5, 0.6) is 11.5 Å². The number of piperazine rings is 1. The number of amides is 1. The molecule has 1 saturated heterocycles. The predicted octanol–water partition coefficient (Wildman–Crippen LogP) is 0.990. The first-order valence-electron chi connectivity index (χ1n) is 7.17. The van der Waals surface area contributed by atoms with E-state index in [2.05, 4.69) is 11.8 Å². The predicted molar refractivity (Wildman–Crippen MR) is 75.0 cm³/mol. The Morgan fingerprint density at radius 3 is 2.60 bits per heavy atom. The summed E-state index contributed by atoms with van der Waals surface area (Å²) >= 11 is 0. The molecule has 1 aromatic rings. The molecular formula is C15H20N2O3. The van der Waals surface area contributed by atoms with E-state index in [0.717, 1.165) is 32.7 Å². The van der Waals surface area contributed by atoms with Crippen LogP contribution in [-0.4, -0.2) is 61.1 Å². The molecule has 0 N–H and O–H groups in total. The van der Waals surface area contributed by atoms with Crippen molar-refractivity contribution in [3.05, 3.63) is 24.3 Å². The Morgan fingerprint density at radius 1 is 1.20 bits per heavy atom. The Morgan fingerprint density at radius 2 is 1.90 bits per heavy atom. The number of fused-ring (bicyclic) bond motifs is 1. The van der Waals surface area contributed by atoms with Crippen LogP contribution in [0.15, 0.2) is 24.3 Å². The molecule has 5 heteroatoms. The van der Waals surface area contributed by atoms with Crippen molar-refractivity contribution in [2.24, 2.45) is 0 Å². The highest BCUT2D eigenvalue weighted by Gasteiger charge is 2.32. The van der Waals surface area contributed by atoms with Crippen molar-refractivity contribution in [3.8, 4) is 11.5 Å². The molecule has 5 nitrogen and oxygen atoms in total. The molecular weight excluding hydrogens is 256 g/mol. The van der Waals surface area contributed by atoms with Crippen molar-refractivity contribution in [1.29, 1.82) is 0 Å². The van der Waals surface area contributed by atoms with Gasteiger partial charge in [-0.3, -0.25) is 4.79 Å². The van der Waals surface area contributed by atoms with E-state index in [4.69, 9.17) is 9.47 Å². The van der Waals surface area contributed by atoms with Gasteiger partial charge < -0.3 is 19.3 Å². The molecule has 0 unspecified atom stereocenters. The second-order valence-electron chi connectivity index (χ2n) is 5.12. The van der Waals surface area contributed by atoms with Gasteiger partial charge in [0.2, 0.25) is 6.10 Å². The number of benzene rings is 1. The lowest BCUT2D eigenvalue weighted by Gasteiger charge is -2.36. The molecule has 3 rings (SSSR count). The molecule has 0 saturated carbocycles. The summed E-state index contributed by atoms with van der Waals surface area (Å²) in [5, 5.41) is 0. The summed E-state index contributed by atoms with van der Waals surface area (Å²) in [5.74, 6) is 1.41. The lowest BCUT2D eigenvalue weighted by molar-refractivity contribution is -0.142. The number of rotatable bonds is 2. The fourth-order valence-electron chi connectivity index (χ4n) is 2.63. The van der Waals surface area contributed by atoms with Crippen LogP contribution in [-0.2, 0) is 4.79 Å². The smallest absolute Gasteiger partial charge is 0.267 e. The average molecular weight is 276 g/mol. The second kappa shape index (κ2) is 5.71. The average Bonchev–Trinajstić information content (AvgIpc) is 2.54. The molecule has 1 atom stereocenters. The van der Waals surface area contributed by atoms with Gasteiger partial charge in [0.05, 0.1) is 0 Å². The van der Waals surface area contributed by atoms with E-state index in [1.165, 1.54) is 0 Å². The standard InChI is InChI=1S/C15H20N2O3/c1-2-16-7-9-17(10-8-16)15(18)14-11-19-12-5-3-4-6-13(12)20-14/h3-6,14H,2,7-11H2,1H3/t14-/m1/s1. The second-order valence-corrected chi connectivity index (χ2v) is 5.12. The lowest BCUT2D eigenvalue weighted by atomic mass is 10.2. The van der Waals surface area contributed by atoms with E-state index >= 15 is 0 Å². The Bertz CT molecular complexity index is 484. The largest absolute Gasteiger partial charge is 0.485 e. The van der Waals surface area contributed by atoms with Crippen LogP contribution in [0.3, 0.4) is 0 Å². The van der Waals surface area contributed by atoms with Gasteiger partial charge in [0.15, 0.2) is 11.5 Å². The van der Waals surface area contributed by atoms with Crippen LogP contribution in [0.1, 0.15) is 6.92 Å². The lowest BCUT2D eigenvalue weighted by Crippen LogP contribution is -2.53. The van der Waals surface area contributed by atoms with E-state index in [1.807, 2.05) is 29.2 Å². The van der Waals surface area contributed by atoms with Crippen molar-refractivity contribution >= 4 is 5.91 Å². The number of hydrogen-bond donors (Lipinski definition) is 0. The van der Waals surface area contributed by atoms with Crippen LogP contribution in [0.2, 0.25) is 0 Å². The molecule has 0 spiro atoms. The number of carbonyl (C=O) groups excluding carboxylic acids is 1. The SMILES string of the molecule is CCN1CCN(C(=O)[C@H]2COc3ccccc3O2)CC1. The molecule has 2 aliphatic rings. The molecule has 2 heterocycles. The number of hydrogen-bond acceptors (Lipinski definition) is 4. The zero-order valence-electron chi connectivity index (χ0n) is 11.7. The summed E-state index contributed by atoms with van der Waals surface area (Å²) in [5.41, 5.74) is 0. The summed E-state index contributed by atoms with van der Waals surface area (Å²) in [6.07, 6.45) is -0.516. The van der Waals surface area contributed by atoms with Gasteiger partial charge >= 0.3 is 0 Å². The Labute approximate surface area is 119 Å². The number of nitrogens with zero attached hydrogens (tertiary/aromatic N) is 2. The topological polar surface area (TPSA) is 42.0 Å². The van der Waals surface area contributed by atoms with Gasteiger partial charge in [-0.1, -0.05) is 19.1 Å². The molecule has 20 heavy (non-hydrogen) atoms. The van der Waals surface area contributed by atoms with E-state index in [9.17, 15) is 4.79 Å². The fraction of sp³-hybridized carbons (Fsp3) is 0.533. The highest BCUT2D eigenvalue weighted by Crippen LogP contribution is 2.31. The summed E-state index contributed by atoms with van der Waals surface area (Å²) in [6, 6.07) is 7.48. The van der Waals surface area contributed by atoms with E-state index in [0.29, 0.717) is 18.1 Å². The maximum absolute atomic E-state index is 12.5. The first-order chi connectivity index (χ1) is 9.78. The van der Waals surface area contributed by atoms with Gasteiger partial charge in [0, 0.05) is 26.2 Å². The van der Waals surface area contributed by atoms with Crippen molar-refractivity contribution in [1.82, 2.24) is 9.80 Å². The van der Waals surface area contributed by atoms with Crippen LogP contribution < -0.4 is 9.47 Å². The van der Waals surface area contributed by atoms with Crippen molar-refractivity contribution < 1.29 is 14.3 Å². The number of carbonyl (C=O) groups is 1. The Hall–Kier alpha value is -1.75. The zero-order valence-corrected chi connectivity index (χ0v) is 11.7. The molecule has 0 aliphatic carbocycles. The first kappa shape index (κ1) is 13.2. The van der Waals surface area contributed by atoms with Crippen molar-refractivity contribution in [2.45, 2.75) is 13.0 Å². The monoisotopic (exact) mass is 276 g/mol. The minimum atomic E-state index is -0.516. The van der Waals surface area contributed by atoms with Gasteiger partial charge in [-0.05, 0) is 18.7 Å². The van der Waals surface area contributed by atoms with E-state index in [-0.39, 0.29) is 5.91 Å². The molecule has 0 radical (unpaired) electrons. The maximum Gasteiger partial charge on any atom is 0.267 e. The Kier molecular flexibility index (Phi) is 3.78. The number of para-hydroxylation sites is 2. The summed E-state index contributed by atoms with van der Waals surface area (Å²) in [4.78, 5) is 16.7. The first-order valence-corrected chi connectivity index (χ1v) is 7.17. The van der Waals surface area contributed by atoms with Gasteiger partial charge in [-0.15, -0.1) is 0 Å². The maximum atomic E-state index is 12.5. The molecule has 0 bridgehead atoms. The molecule has 1 fully saturated rings. The van der Waals surface area contributed by atoms with Crippen LogP contribution in [0.4, 0.5) is 0 Å². The summed E-state index contributed by atoms with van der Waals surface area (Å²) in [6.45, 7) is 6.90. The third kappa shape index (κ3) is 2.58. The molecule has 2 aliphatic heterocycles. The summed E-state index contributed by atoms with van der Waals surface area (Å²) in [7, 11) is 0.